The van der Waals surface area contributed by atoms with Gasteiger partial charge in [-0.05, 0) is 36.0 Å². The number of benzene rings is 1. The Morgan fingerprint density at radius 3 is 2.57 bits per heavy atom. The molecule has 1 fully saturated rings. The fourth-order valence-corrected chi connectivity index (χ4v) is 5.03. The second-order valence-corrected chi connectivity index (χ2v) is 10.0. The summed E-state index contributed by atoms with van der Waals surface area (Å²) in [6.07, 6.45) is 4.16. The molecule has 2 aliphatic rings. The third-order valence-electron chi connectivity index (χ3n) is 5.82. The van der Waals surface area contributed by atoms with Crippen molar-refractivity contribution in [2.75, 3.05) is 26.2 Å². The molecule has 5 heteroatoms. The normalized spacial score (nSPS) is 17.8. The average molecular weight is 398 g/mol. The molecule has 0 unspecified atom stereocenters. The van der Waals surface area contributed by atoms with Crippen molar-refractivity contribution in [1.29, 1.82) is 0 Å². The van der Waals surface area contributed by atoms with Crippen LogP contribution in [-0.2, 0) is 36.0 Å². The summed E-state index contributed by atoms with van der Waals surface area (Å²) in [5.74, 6) is 0.265. The van der Waals surface area contributed by atoms with E-state index in [-0.39, 0.29) is 11.3 Å². The van der Waals surface area contributed by atoms with Crippen molar-refractivity contribution in [1.82, 2.24) is 14.8 Å². The number of thiazole rings is 1. The molecule has 1 aromatic heterocycles. The van der Waals surface area contributed by atoms with E-state index >= 15 is 0 Å². The van der Waals surface area contributed by atoms with Crippen LogP contribution in [0.3, 0.4) is 0 Å². The number of hydrogen-bond acceptors (Lipinski definition) is 4. The number of piperazine rings is 1. The smallest absolute Gasteiger partial charge is 0.227 e. The molecule has 1 amide bonds. The Balaban J connectivity index is 1.28. The Bertz CT molecular complexity index is 844. The molecule has 0 atom stereocenters. The maximum Gasteiger partial charge on any atom is 0.227 e. The highest BCUT2D eigenvalue weighted by atomic mass is 32.1. The fourth-order valence-electron chi connectivity index (χ4n) is 4.13. The molecule has 2 heterocycles. The Labute approximate surface area is 172 Å². The van der Waals surface area contributed by atoms with Crippen LogP contribution in [0.4, 0.5) is 0 Å². The SMILES string of the molecule is CC(C)(C)c1nc(CN2CCN(C(=O)Cc3ccc4c(c3)CCC4)CC2)cs1. The third-order valence-corrected chi connectivity index (χ3v) is 7.14. The van der Waals surface area contributed by atoms with E-state index in [4.69, 9.17) is 4.98 Å². The van der Waals surface area contributed by atoms with E-state index in [1.165, 1.54) is 41.0 Å². The first-order chi connectivity index (χ1) is 13.4. The van der Waals surface area contributed by atoms with E-state index in [1.807, 2.05) is 4.90 Å². The lowest BCUT2D eigenvalue weighted by Gasteiger charge is -2.34. The number of aryl methyl sites for hydroxylation is 2. The first kappa shape index (κ1) is 19.6. The number of carbonyl (C=O) groups is 1. The Morgan fingerprint density at radius 2 is 1.86 bits per heavy atom. The van der Waals surface area contributed by atoms with Gasteiger partial charge in [-0.1, -0.05) is 39.0 Å². The second-order valence-electron chi connectivity index (χ2n) is 9.18. The van der Waals surface area contributed by atoms with E-state index < -0.39 is 0 Å². The minimum atomic E-state index is 0.117. The highest BCUT2D eigenvalue weighted by Crippen LogP contribution is 2.26. The number of nitrogens with zero attached hydrogens (tertiary/aromatic N) is 3. The first-order valence-corrected chi connectivity index (χ1v) is 11.3. The van der Waals surface area contributed by atoms with Crippen molar-refractivity contribution in [3.8, 4) is 0 Å². The summed E-state index contributed by atoms with van der Waals surface area (Å²) < 4.78 is 0. The van der Waals surface area contributed by atoms with Crippen LogP contribution in [-0.4, -0.2) is 46.9 Å². The van der Waals surface area contributed by atoms with Crippen LogP contribution in [0.2, 0.25) is 0 Å². The first-order valence-electron chi connectivity index (χ1n) is 10.4. The lowest BCUT2D eigenvalue weighted by molar-refractivity contribution is -0.132. The molecule has 1 aliphatic heterocycles. The van der Waals surface area contributed by atoms with Gasteiger partial charge in [0.1, 0.15) is 0 Å². The summed E-state index contributed by atoms with van der Waals surface area (Å²) in [5.41, 5.74) is 5.37. The fraction of sp³-hybridized carbons (Fsp3) is 0.565. The van der Waals surface area contributed by atoms with Gasteiger partial charge in [-0.2, -0.15) is 0 Å². The highest BCUT2D eigenvalue weighted by molar-refractivity contribution is 7.09. The van der Waals surface area contributed by atoms with E-state index in [1.54, 1.807) is 11.3 Å². The molecule has 4 rings (SSSR count). The summed E-state index contributed by atoms with van der Waals surface area (Å²) in [6, 6.07) is 6.63. The molecule has 150 valence electrons. The van der Waals surface area contributed by atoms with Crippen molar-refractivity contribution in [2.45, 2.75) is 58.4 Å². The molecule has 1 aliphatic carbocycles. The van der Waals surface area contributed by atoms with Gasteiger partial charge < -0.3 is 4.90 Å². The van der Waals surface area contributed by atoms with Crippen LogP contribution in [0.5, 0.6) is 0 Å². The van der Waals surface area contributed by atoms with E-state index in [0.717, 1.165) is 38.4 Å². The van der Waals surface area contributed by atoms with Gasteiger partial charge in [0.25, 0.3) is 0 Å². The maximum absolute atomic E-state index is 12.7. The molecule has 0 spiro atoms. The lowest BCUT2D eigenvalue weighted by Crippen LogP contribution is -2.48. The molecular weight excluding hydrogens is 366 g/mol. The van der Waals surface area contributed by atoms with Crippen molar-refractivity contribution in [2.24, 2.45) is 0 Å². The molecule has 0 radical (unpaired) electrons. The molecule has 0 saturated carbocycles. The lowest BCUT2D eigenvalue weighted by atomic mass is 9.98. The van der Waals surface area contributed by atoms with Crippen LogP contribution in [0.25, 0.3) is 0 Å². The zero-order valence-corrected chi connectivity index (χ0v) is 18.1. The predicted octanol–water partition coefficient (Wildman–Crippen LogP) is 3.82. The highest BCUT2D eigenvalue weighted by Gasteiger charge is 2.23. The molecule has 0 N–H and O–H groups in total. The quantitative estimate of drug-likeness (QED) is 0.787. The van der Waals surface area contributed by atoms with Crippen molar-refractivity contribution in [3.05, 3.63) is 51.0 Å². The molecule has 28 heavy (non-hydrogen) atoms. The molecular formula is C23H31N3OS. The second kappa shape index (κ2) is 7.96. The van der Waals surface area contributed by atoms with Gasteiger partial charge in [0.2, 0.25) is 5.91 Å². The predicted molar refractivity (Wildman–Crippen MR) is 115 cm³/mol. The van der Waals surface area contributed by atoms with Crippen LogP contribution < -0.4 is 0 Å². The number of hydrogen-bond donors (Lipinski definition) is 0. The van der Waals surface area contributed by atoms with Gasteiger partial charge >= 0.3 is 0 Å². The zero-order chi connectivity index (χ0) is 19.7. The van der Waals surface area contributed by atoms with Crippen LogP contribution in [0.15, 0.2) is 23.6 Å². The molecule has 2 aromatic rings. The molecule has 0 bridgehead atoms. The monoisotopic (exact) mass is 397 g/mol. The topological polar surface area (TPSA) is 36.4 Å². The number of carbonyl (C=O) groups excluding carboxylic acids is 1. The number of aromatic nitrogens is 1. The van der Waals surface area contributed by atoms with Crippen molar-refractivity contribution in [3.63, 3.8) is 0 Å². The summed E-state index contributed by atoms with van der Waals surface area (Å²) >= 11 is 1.76. The van der Waals surface area contributed by atoms with Gasteiger partial charge in [-0.3, -0.25) is 9.69 Å². The van der Waals surface area contributed by atoms with Gasteiger partial charge in [-0.25, -0.2) is 4.98 Å². The minimum absolute atomic E-state index is 0.117. The van der Waals surface area contributed by atoms with Crippen LogP contribution >= 0.6 is 11.3 Å². The standard InChI is InChI=1S/C23H31N3OS/c1-23(2,3)22-24-20(16-28-22)15-25-9-11-26(12-10-25)21(27)14-17-7-8-18-5-4-6-19(18)13-17/h7-8,13,16H,4-6,9-12,14-15H2,1-3H3. The molecule has 1 saturated heterocycles. The molecule has 4 nitrogen and oxygen atoms in total. The van der Waals surface area contributed by atoms with Crippen molar-refractivity contribution < 1.29 is 4.79 Å². The van der Waals surface area contributed by atoms with Gasteiger partial charge in [0, 0.05) is 43.5 Å². The minimum Gasteiger partial charge on any atom is -0.340 e. The Kier molecular flexibility index (Phi) is 5.57. The van der Waals surface area contributed by atoms with E-state index in [2.05, 4.69) is 49.3 Å². The summed E-state index contributed by atoms with van der Waals surface area (Å²) in [5, 5.41) is 3.39. The van der Waals surface area contributed by atoms with E-state index in [0.29, 0.717) is 6.42 Å². The summed E-state index contributed by atoms with van der Waals surface area (Å²) in [4.78, 5) is 22.0. The van der Waals surface area contributed by atoms with Crippen molar-refractivity contribution >= 4 is 17.2 Å². The average Bonchev–Trinajstić information content (AvgIpc) is 3.31. The zero-order valence-electron chi connectivity index (χ0n) is 17.3. The summed E-state index contributed by atoms with van der Waals surface area (Å²) in [7, 11) is 0. The Hall–Kier alpha value is -1.72. The molecule has 1 aromatic carbocycles. The third kappa shape index (κ3) is 4.47. The number of fused-ring (bicyclic) bond motifs is 1. The van der Waals surface area contributed by atoms with Crippen LogP contribution in [0.1, 0.15) is 54.6 Å². The largest absolute Gasteiger partial charge is 0.340 e. The Morgan fingerprint density at radius 1 is 1.11 bits per heavy atom. The van der Waals surface area contributed by atoms with Gasteiger partial charge in [0.15, 0.2) is 0 Å². The maximum atomic E-state index is 12.7. The number of rotatable bonds is 4. The summed E-state index contributed by atoms with van der Waals surface area (Å²) in [6.45, 7) is 11.0. The van der Waals surface area contributed by atoms with Crippen LogP contribution in [0, 0.1) is 0 Å². The number of amides is 1. The van der Waals surface area contributed by atoms with E-state index in [9.17, 15) is 4.79 Å². The van der Waals surface area contributed by atoms with Gasteiger partial charge in [0.05, 0.1) is 17.1 Å². The van der Waals surface area contributed by atoms with Gasteiger partial charge in [-0.15, -0.1) is 11.3 Å².